The average Bonchev–Trinajstić information content (AvgIpc) is 2.30. The Balaban J connectivity index is 3.19. The maximum absolute atomic E-state index is 11.7. The zero-order valence-corrected chi connectivity index (χ0v) is 9.44. The summed E-state index contributed by atoms with van der Waals surface area (Å²) in [4.78, 5) is 23.4. The minimum Gasteiger partial charge on any atom is -0.289 e. The van der Waals surface area contributed by atoms with Crippen LogP contribution in [0.2, 0.25) is 0 Å². The van der Waals surface area contributed by atoms with E-state index >= 15 is 0 Å². The predicted molar refractivity (Wildman–Crippen MR) is 64.7 cm³/mol. The Hall–Kier alpha value is -1.96. The zero-order valence-electron chi connectivity index (χ0n) is 9.44. The van der Waals surface area contributed by atoms with E-state index in [1.807, 2.05) is 0 Å². The van der Waals surface area contributed by atoms with Gasteiger partial charge in [0.25, 0.3) is 0 Å². The molecule has 0 aliphatic heterocycles. The Labute approximate surface area is 95.3 Å². The maximum atomic E-state index is 11.7. The molecule has 1 aromatic rings. The molecule has 1 rings (SSSR count). The second kappa shape index (κ2) is 5.81. The van der Waals surface area contributed by atoms with Gasteiger partial charge in [0.15, 0.2) is 11.6 Å². The van der Waals surface area contributed by atoms with E-state index in [-0.39, 0.29) is 11.6 Å². The fourth-order valence-electron chi connectivity index (χ4n) is 1.40. The fraction of sp³-hybridized carbons (Fsp3) is 0.143. The molecule has 0 amide bonds. The van der Waals surface area contributed by atoms with Gasteiger partial charge < -0.3 is 0 Å². The van der Waals surface area contributed by atoms with E-state index in [1.165, 1.54) is 12.2 Å². The smallest absolute Gasteiger partial charge is 0.186 e. The Morgan fingerprint density at radius 1 is 0.875 bits per heavy atom. The van der Waals surface area contributed by atoms with Gasteiger partial charge in [0.2, 0.25) is 0 Å². The Morgan fingerprint density at radius 3 is 1.56 bits per heavy atom. The third-order valence-corrected chi connectivity index (χ3v) is 2.09. The van der Waals surface area contributed by atoms with Crippen LogP contribution in [0.1, 0.15) is 34.6 Å². The average molecular weight is 214 g/mol. The van der Waals surface area contributed by atoms with Gasteiger partial charge in [0.1, 0.15) is 0 Å². The second-order valence-electron chi connectivity index (χ2n) is 3.27. The summed E-state index contributed by atoms with van der Waals surface area (Å²) >= 11 is 0. The summed E-state index contributed by atoms with van der Waals surface area (Å²) in [6.07, 6.45) is 6.25. The highest BCUT2D eigenvalue weighted by atomic mass is 16.1. The molecule has 0 radical (unpaired) electrons. The van der Waals surface area contributed by atoms with Crippen LogP contribution < -0.4 is 0 Å². The molecule has 16 heavy (non-hydrogen) atoms. The largest absolute Gasteiger partial charge is 0.289 e. The molecule has 0 N–H and O–H groups in total. The molecule has 0 fully saturated rings. The Bertz CT molecular complexity index is 411. The first-order valence-corrected chi connectivity index (χ1v) is 5.13. The summed E-state index contributed by atoms with van der Waals surface area (Å²) in [7, 11) is 0. The molecule has 0 unspecified atom stereocenters. The van der Waals surface area contributed by atoms with Crippen molar-refractivity contribution in [3.8, 4) is 0 Å². The molecular formula is C14H14O2. The van der Waals surface area contributed by atoms with Crippen LogP contribution in [-0.2, 0) is 0 Å². The molecule has 0 spiro atoms. The van der Waals surface area contributed by atoms with E-state index in [2.05, 4.69) is 0 Å². The van der Waals surface area contributed by atoms with Crippen LogP contribution in [-0.4, -0.2) is 11.6 Å². The molecule has 2 heteroatoms. The van der Waals surface area contributed by atoms with Crippen molar-refractivity contribution in [1.82, 2.24) is 0 Å². The molecule has 0 heterocycles. The van der Waals surface area contributed by atoms with E-state index in [4.69, 9.17) is 0 Å². The van der Waals surface area contributed by atoms with E-state index in [1.54, 1.807) is 50.3 Å². The molecule has 0 atom stereocenters. The standard InChI is InChI=1S/C14H14O2/c1-3-7-13(15)11-9-5-6-10-12(11)14(16)8-4-2/h3-10H,1-2H3. The molecule has 0 aliphatic rings. The molecule has 82 valence electrons. The molecular weight excluding hydrogens is 200 g/mol. The fourth-order valence-corrected chi connectivity index (χ4v) is 1.40. The highest BCUT2D eigenvalue weighted by Crippen LogP contribution is 2.11. The lowest BCUT2D eigenvalue weighted by atomic mass is 9.99. The number of benzene rings is 1. The molecule has 0 aliphatic carbocycles. The topological polar surface area (TPSA) is 34.1 Å². The van der Waals surface area contributed by atoms with Gasteiger partial charge in [-0.3, -0.25) is 9.59 Å². The van der Waals surface area contributed by atoms with Crippen LogP contribution in [0.5, 0.6) is 0 Å². The SMILES string of the molecule is CC=CC(=O)c1ccccc1C(=O)C=CC. The summed E-state index contributed by atoms with van der Waals surface area (Å²) < 4.78 is 0. The lowest BCUT2D eigenvalue weighted by Gasteiger charge is -2.02. The molecule has 2 nitrogen and oxygen atoms in total. The van der Waals surface area contributed by atoms with Crippen LogP contribution in [0.25, 0.3) is 0 Å². The van der Waals surface area contributed by atoms with Crippen molar-refractivity contribution in [2.24, 2.45) is 0 Å². The molecule has 1 aromatic carbocycles. The summed E-state index contributed by atoms with van der Waals surface area (Å²) in [6, 6.07) is 6.84. The maximum Gasteiger partial charge on any atom is 0.186 e. The lowest BCUT2D eigenvalue weighted by molar-refractivity contribution is 0.101. The van der Waals surface area contributed by atoms with E-state index in [9.17, 15) is 9.59 Å². The number of carbonyl (C=O) groups is 2. The van der Waals surface area contributed by atoms with Crippen LogP contribution in [0.3, 0.4) is 0 Å². The van der Waals surface area contributed by atoms with Crippen molar-refractivity contribution in [2.45, 2.75) is 13.8 Å². The van der Waals surface area contributed by atoms with Crippen LogP contribution in [0.4, 0.5) is 0 Å². The van der Waals surface area contributed by atoms with Gasteiger partial charge in [0, 0.05) is 11.1 Å². The van der Waals surface area contributed by atoms with Gasteiger partial charge in [-0.15, -0.1) is 0 Å². The van der Waals surface area contributed by atoms with Gasteiger partial charge in [-0.25, -0.2) is 0 Å². The minimum absolute atomic E-state index is 0.143. The highest BCUT2D eigenvalue weighted by Gasteiger charge is 2.11. The monoisotopic (exact) mass is 214 g/mol. The third-order valence-electron chi connectivity index (χ3n) is 2.09. The number of rotatable bonds is 4. The predicted octanol–water partition coefficient (Wildman–Crippen LogP) is 3.20. The number of allylic oxidation sites excluding steroid dienone is 4. The number of carbonyl (C=O) groups excluding carboxylic acids is 2. The third kappa shape index (κ3) is 2.76. The van der Waals surface area contributed by atoms with Gasteiger partial charge >= 0.3 is 0 Å². The van der Waals surface area contributed by atoms with Gasteiger partial charge in [-0.2, -0.15) is 0 Å². The van der Waals surface area contributed by atoms with Crippen LogP contribution in [0, 0.1) is 0 Å². The van der Waals surface area contributed by atoms with E-state index in [0.717, 1.165) is 0 Å². The summed E-state index contributed by atoms with van der Waals surface area (Å²) in [5, 5.41) is 0. The molecule has 0 aromatic heterocycles. The summed E-state index contributed by atoms with van der Waals surface area (Å²) in [6.45, 7) is 3.54. The van der Waals surface area contributed by atoms with Gasteiger partial charge in [0.05, 0.1) is 0 Å². The lowest BCUT2D eigenvalue weighted by Crippen LogP contribution is -2.05. The second-order valence-corrected chi connectivity index (χ2v) is 3.27. The van der Waals surface area contributed by atoms with Crippen molar-refractivity contribution in [2.75, 3.05) is 0 Å². The Morgan fingerprint density at radius 2 is 1.25 bits per heavy atom. The molecule has 0 bridgehead atoms. The summed E-state index contributed by atoms with van der Waals surface area (Å²) in [5.74, 6) is -0.285. The van der Waals surface area contributed by atoms with Crippen molar-refractivity contribution < 1.29 is 9.59 Å². The minimum atomic E-state index is -0.143. The molecule has 0 saturated carbocycles. The van der Waals surface area contributed by atoms with E-state index < -0.39 is 0 Å². The van der Waals surface area contributed by atoms with Crippen LogP contribution in [0.15, 0.2) is 48.6 Å². The van der Waals surface area contributed by atoms with Crippen molar-refractivity contribution in [3.05, 3.63) is 59.7 Å². The van der Waals surface area contributed by atoms with Crippen LogP contribution >= 0.6 is 0 Å². The van der Waals surface area contributed by atoms with Crippen molar-refractivity contribution >= 4 is 11.6 Å². The number of ketones is 2. The van der Waals surface area contributed by atoms with E-state index in [0.29, 0.717) is 11.1 Å². The number of hydrogen-bond acceptors (Lipinski definition) is 2. The normalized spacial score (nSPS) is 11.1. The van der Waals surface area contributed by atoms with Crippen molar-refractivity contribution in [3.63, 3.8) is 0 Å². The quantitative estimate of drug-likeness (QED) is 0.569. The van der Waals surface area contributed by atoms with Gasteiger partial charge in [-0.1, -0.05) is 36.4 Å². The first-order valence-electron chi connectivity index (χ1n) is 5.13. The summed E-state index contributed by atoms with van der Waals surface area (Å²) in [5.41, 5.74) is 0.896. The molecule has 0 saturated heterocycles. The number of hydrogen-bond donors (Lipinski definition) is 0. The highest BCUT2D eigenvalue weighted by molar-refractivity contribution is 6.15. The first kappa shape index (κ1) is 12.1. The van der Waals surface area contributed by atoms with Crippen molar-refractivity contribution in [1.29, 1.82) is 0 Å². The first-order chi connectivity index (χ1) is 7.70. The zero-order chi connectivity index (χ0) is 12.0. The van der Waals surface area contributed by atoms with Gasteiger partial charge in [-0.05, 0) is 26.0 Å². The Kier molecular flexibility index (Phi) is 4.40.